The molecule has 5 aromatic rings. The molecule has 4 N–H and O–H groups in total. The van der Waals surface area contributed by atoms with Gasteiger partial charge in [0.1, 0.15) is 11.5 Å². The number of para-hydroxylation sites is 3. The van der Waals surface area contributed by atoms with Crippen LogP contribution in [-0.4, -0.2) is 10.8 Å². The molecule has 0 bridgehead atoms. The second kappa shape index (κ2) is 12.0. The van der Waals surface area contributed by atoms with Crippen LogP contribution in [0.25, 0.3) is 11.1 Å². The van der Waals surface area contributed by atoms with Gasteiger partial charge >= 0.3 is 0 Å². The molecule has 5 rings (SSSR count). The van der Waals surface area contributed by atoms with Gasteiger partial charge in [-0.3, -0.25) is 5.73 Å². The van der Waals surface area contributed by atoms with Crippen molar-refractivity contribution in [3.05, 3.63) is 139 Å². The number of nitrogens with one attached hydrogen (secondary N) is 2. The van der Waals surface area contributed by atoms with E-state index in [4.69, 9.17) is 22.9 Å². The number of nitrogens with zero attached hydrogens (tertiary/aromatic N) is 2. The standard InChI is InChI=1S/C32H27N5S/c33-30-28(20-12-22-37(30)23-24-13-4-1-5-14-24)27-19-10-11-21-29(27)36-31(34-25-15-6-2-7-16-25)32(38)35-26-17-8-3-9-18-26/h1-22,33H,23H2,(H2,34,35,36,38)/p+1. The van der Waals surface area contributed by atoms with Gasteiger partial charge in [0.05, 0.1) is 17.4 Å². The quantitative estimate of drug-likeness (QED) is 0.100. The zero-order chi connectivity index (χ0) is 26.2. The Balaban J connectivity index is 1.53. The fourth-order valence-corrected chi connectivity index (χ4v) is 4.35. The average molecular weight is 515 g/mol. The normalized spacial score (nSPS) is 11.1. The second-order valence-electron chi connectivity index (χ2n) is 8.71. The highest BCUT2D eigenvalue weighted by Gasteiger charge is 2.17. The van der Waals surface area contributed by atoms with Crippen LogP contribution >= 0.6 is 12.2 Å². The maximum Gasteiger partial charge on any atom is 0.280 e. The van der Waals surface area contributed by atoms with E-state index in [-0.39, 0.29) is 0 Å². The monoisotopic (exact) mass is 514 g/mol. The summed E-state index contributed by atoms with van der Waals surface area (Å²) < 4.78 is 2.05. The lowest BCUT2D eigenvalue weighted by atomic mass is 10.0. The smallest absolute Gasteiger partial charge is 0.280 e. The van der Waals surface area contributed by atoms with E-state index in [1.807, 2.05) is 121 Å². The van der Waals surface area contributed by atoms with Gasteiger partial charge in [-0.15, -0.1) is 0 Å². The Labute approximate surface area is 228 Å². The minimum Gasteiger partial charge on any atom is -0.344 e. The highest BCUT2D eigenvalue weighted by Crippen LogP contribution is 2.33. The Hall–Kier alpha value is -4.81. The molecule has 6 heteroatoms. The van der Waals surface area contributed by atoms with E-state index in [1.165, 1.54) is 5.56 Å². The molecule has 0 aliphatic carbocycles. The molecule has 38 heavy (non-hydrogen) atoms. The third kappa shape index (κ3) is 6.11. The maximum absolute atomic E-state index is 6.71. The summed E-state index contributed by atoms with van der Waals surface area (Å²) in [6.45, 7) is 0.678. The molecule has 186 valence electrons. The summed E-state index contributed by atoms with van der Waals surface area (Å²) in [5.41, 5.74) is 12.3. The fraction of sp³-hybridized carbons (Fsp3) is 0.0312. The van der Waals surface area contributed by atoms with Crippen molar-refractivity contribution in [2.45, 2.75) is 6.54 Å². The van der Waals surface area contributed by atoms with Crippen molar-refractivity contribution >= 4 is 45.9 Å². The molecule has 0 aliphatic rings. The molecule has 0 saturated carbocycles. The number of aliphatic imine (C=N–C) groups is 1. The Bertz CT molecular complexity index is 1550. The summed E-state index contributed by atoms with van der Waals surface area (Å²) in [7, 11) is 0. The van der Waals surface area contributed by atoms with Crippen molar-refractivity contribution in [3.8, 4) is 11.1 Å². The first kappa shape index (κ1) is 24.9. The molecule has 1 aromatic heterocycles. The summed E-state index contributed by atoms with van der Waals surface area (Å²) in [5, 5.41) is 6.69. The molecule has 0 radical (unpaired) electrons. The molecule has 5 nitrogen and oxygen atoms in total. The van der Waals surface area contributed by atoms with Crippen molar-refractivity contribution in [3.63, 3.8) is 0 Å². The van der Waals surface area contributed by atoms with E-state index in [0.29, 0.717) is 23.2 Å². The second-order valence-corrected chi connectivity index (χ2v) is 9.12. The van der Waals surface area contributed by atoms with Gasteiger partial charge in [-0.05, 0) is 48.0 Å². The number of hydrogen-bond acceptors (Lipinski definition) is 3. The number of pyridine rings is 1. The van der Waals surface area contributed by atoms with Gasteiger partial charge in [-0.2, -0.15) is 0 Å². The molecule has 0 saturated heterocycles. The SMILES string of the molecule is Nc1c(-c2ccccc2N=C(Nc2ccccc2)C(=S)Nc2ccccc2)ccc[n+]1Cc1ccccc1. The summed E-state index contributed by atoms with van der Waals surface area (Å²) >= 11 is 5.80. The third-order valence-electron chi connectivity index (χ3n) is 6.02. The lowest BCUT2D eigenvalue weighted by molar-refractivity contribution is -0.673. The predicted octanol–water partition coefficient (Wildman–Crippen LogP) is 6.85. The number of aromatic nitrogens is 1. The molecule has 0 unspecified atom stereocenters. The first-order chi connectivity index (χ1) is 18.7. The first-order valence-electron chi connectivity index (χ1n) is 12.4. The van der Waals surface area contributed by atoms with E-state index < -0.39 is 0 Å². The van der Waals surface area contributed by atoms with Crippen LogP contribution in [0.2, 0.25) is 0 Å². The van der Waals surface area contributed by atoms with Crippen LogP contribution < -0.4 is 20.9 Å². The molecule has 0 amide bonds. The van der Waals surface area contributed by atoms with Gasteiger partial charge < -0.3 is 10.6 Å². The molecular weight excluding hydrogens is 486 g/mol. The minimum atomic E-state index is 0.482. The molecule has 0 atom stereocenters. The third-order valence-corrected chi connectivity index (χ3v) is 6.32. The molecule has 4 aromatic carbocycles. The lowest BCUT2D eigenvalue weighted by Gasteiger charge is -2.15. The van der Waals surface area contributed by atoms with E-state index in [0.717, 1.165) is 28.2 Å². The van der Waals surface area contributed by atoms with Gasteiger partial charge in [0.25, 0.3) is 5.82 Å². The van der Waals surface area contributed by atoms with Crippen LogP contribution in [0.4, 0.5) is 22.9 Å². The lowest BCUT2D eigenvalue weighted by Crippen LogP contribution is -2.37. The predicted molar refractivity (Wildman–Crippen MR) is 162 cm³/mol. The number of hydrogen-bond donors (Lipinski definition) is 3. The number of anilines is 3. The molecule has 1 heterocycles. The van der Waals surface area contributed by atoms with Crippen LogP contribution in [0.5, 0.6) is 0 Å². The van der Waals surface area contributed by atoms with Crippen LogP contribution in [0, 0.1) is 0 Å². The summed E-state index contributed by atoms with van der Waals surface area (Å²) in [4.78, 5) is 5.50. The number of nitrogens with two attached hydrogens (primary N) is 1. The summed E-state index contributed by atoms with van der Waals surface area (Å²) in [5.74, 6) is 1.20. The molecule has 0 aliphatic heterocycles. The molecular formula is C32H28N5S+. The minimum absolute atomic E-state index is 0.482. The van der Waals surface area contributed by atoms with Crippen molar-refractivity contribution in [2.24, 2.45) is 4.99 Å². The van der Waals surface area contributed by atoms with Crippen molar-refractivity contribution in [1.82, 2.24) is 0 Å². The van der Waals surface area contributed by atoms with Crippen molar-refractivity contribution in [1.29, 1.82) is 0 Å². The number of thiocarbonyl (C=S) groups is 1. The summed E-state index contributed by atoms with van der Waals surface area (Å²) in [6.07, 6.45) is 2.00. The first-order valence-corrected chi connectivity index (χ1v) is 12.8. The number of rotatable bonds is 6. The molecule has 0 spiro atoms. The van der Waals surface area contributed by atoms with Gasteiger partial charge in [-0.25, -0.2) is 9.56 Å². The van der Waals surface area contributed by atoms with Crippen LogP contribution in [0.1, 0.15) is 5.56 Å². The average Bonchev–Trinajstić information content (AvgIpc) is 2.96. The molecule has 0 fully saturated rings. The van der Waals surface area contributed by atoms with Crippen LogP contribution in [0.15, 0.2) is 139 Å². The Morgan fingerprint density at radius 1 is 0.658 bits per heavy atom. The Kier molecular flexibility index (Phi) is 7.82. The van der Waals surface area contributed by atoms with E-state index in [1.54, 1.807) is 0 Å². The van der Waals surface area contributed by atoms with E-state index >= 15 is 0 Å². The Morgan fingerprint density at radius 2 is 1.21 bits per heavy atom. The van der Waals surface area contributed by atoms with Crippen LogP contribution in [0.3, 0.4) is 0 Å². The van der Waals surface area contributed by atoms with E-state index in [9.17, 15) is 0 Å². The van der Waals surface area contributed by atoms with Gasteiger partial charge in [0.2, 0.25) is 0 Å². The van der Waals surface area contributed by atoms with Crippen molar-refractivity contribution < 1.29 is 4.57 Å². The Morgan fingerprint density at radius 3 is 1.89 bits per heavy atom. The van der Waals surface area contributed by atoms with Gasteiger partial charge in [0.15, 0.2) is 5.84 Å². The zero-order valence-corrected chi connectivity index (χ0v) is 21.6. The van der Waals surface area contributed by atoms with Crippen molar-refractivity contribution in [2.75, 3.05) is 16.4 Å². The van der Waals surface area contributed by atoms with E-state index in [2.05, 4.69) is 27.3 Å². The fourth-order valence-electron chi connectivity index (χ4n) is 4.13. The van der Waals surface area contributed by atoms with Crippen LogP contribution in [-0.2, 0) is 6.54 Å². The number of amidine groups is 1. The van der Waals surface area contributed by atoms with Gasteiger partial charge in [-0.1, -0.05) is 97.1 Å². The highest BCUT2D eigenvalue weighted by atomic mass is 32.1. The zero-order valence-electron chi connectivity index (χ0n) is 20.8. The highest BCUT2D eigenvalue weighted by molar-refractivity contribution is 7.82. The number of benzene rings is 4. The largest absolute Gasteiger partial charge is 0.344 e. The summed E-state index contributed by atoms with van der Waals surface area (Å²) in [6, 6.07) is 42.0. The number of nitrogen functional groups attached to an aromatic ring is 1. The van der Waals surface area contributed by atoms with Gasteiger partial charge in [0, 0.05) is 16.9 Å². The maximum atomic E-state index is 6.71. The topological polar surface area (TPSA) is 66.3 Å².